The normalized spacial score (nSPS) is 21.1. The van der Waals surface area contributed by atoms with Crippen LogP contribution in [0.25, 0.3) is 0 Å². The van der Waals surface area contributed by atoms with Gasteiger partial charge in [0.05, 0.1) is 11.5 Å². The zero-order chi connectivity index (χ0) is 11.3. The van der Waals surface area contributed by atoms with Crippen molar-refractivity contribution < 1.29 is 13.2 Å². The van der Waals surface area contributed by atoms with Crippen molar-refractivity contribution in [3.8, 4) is 0 Å². The zero-order valence-corrected chi connectivity index (χ0v) is 9.98. The van der Waals surface area contributed by atoms with Crippen molar-refractivity contribution in [1.82, 2.24) is 5.32 Å². The quantitative estimate of drug-likeness (QED) is 0.728. The molecule has 0 unspecified atom stereocenters. The van der Waals surface area contributed by atoms with Crippen molar-refractivity contribution in [2.75, 3.05) is 18.1 Å². The minimum Gasteiger partial charge on any atom is -0.356 e. The van der Waals surface area contributed by atoms with Crippen LogP contribution in [0.15, 0.2) is 0 Å². The summed E-state index contributed by atoms with van der Waals surface area (Å²) in [7, 11) is -2.85. The van der Waals surface area contributed by atoms with Gasteiger partial charge in [0, 0.05) is 12.5 Å². The molecule has 1 N–H and O–H groups in total. The Morgan fingerprint density at radius 1 is 1.33 bits per heavy atom. The van der Waals surface area contributed by atoms with E-state index in [1.165, 1.54) is 0 Å². The number of amides is 1. The van der Waals surface area contributed by atoms with Crippen LogP contribution in [-0.2, 0) is 14.6 Å². The molecule has 0 aromatic carbocycles. The van der Waals surface area contributed by atoms with Gasteiger partial charge in [0.15, 0.2) is 0 Å². The molecule has 0 radical (unpaired) electrons. The molecule has 1 amide bonds. The van der Waals surface area contributed by atoms with Gasteiger partial charge in [-0.15, -0.1) is 0 Å². The van der Waals surface area contributed by atoms with Gasteiger partial charge in [-0.2, -0.15) is 0 Å². The van der Waals surface area contributed by atoms with E-state index in [9.17, 15) is 13.2 Å². The van der Waals surface area contributed by atoms with Crippen LogP contribution in [0.2, 0.25) is 0 Å². The highest BCUT2D eigenvalue weighted by Gasteiger charge is 2.27. The molecule has 1 aliphatic heterocycles. The van der Waals surface area contributed by atoms with E-state index < -0.39 is 9.84 Å². The summed E-state index contributed by atoms with van der Waals surface area (Å²) in [6, 6.07) is 0. The molecule has 0 aliphatic carbocycles. The third-order valence-corrected chi connectivity index (χ3v) is 4.47. The summed E-state index contributed by atoms with van der Waals surface area (Å²) < 4.78 is 22.3. The number of hydrogen-bond donors (Lipinski definition) is 1. The number of unbranched alkanes of at least 4 members (excludes halogenated alkanes) is 1. The molecule has 1 heterocycles. The average Bonchev–Trinajstić information content (AvgIpc) is 2.18. The second-order valence-electron chi connectivity index (χ2n) is 4.07. The summed E-state index contributed by atoms with van der Waals surface area (Å²) >= 11 is 0. The molecule has 5 heteroatoms. The van der Waals surface area contributed by atoms with E-state index in [0.29, 0.717) is 19.4 Å². The van der Waals surface area contributed by atoms with E-state index >= 15 is 0 Å². The summed E-state index contributed by atoms with van der Waals surface area (Å²) in [5.41, 5.74) is 0. The maximum Gasteiger partial charge on any atom is 0.223 e. The third-order valence-electron chi connectivity index (χ3n) is 2.75. The lowest BCUT2D eigenvalue weighted by Gasteiger charge is -2.20. The Balaban J connectivity index is 2.30. The molecular weight excluding hydrogens is 214 g/mol. The highest BCUT2D eigenvalue weighted by molar-refractivity contribution is 7.91. The second kappa shape index (κ2) is 5.49. The van der Waals surface area contributed by atoms with Gasteiger partial charge in [0.2, 0.25) is 5.91 Å². The van der Waals surface area contributed by atoms with E-state index in [1.54, 1.807) is 0 Å². The Morgan fingerprint density at radius 3 is 2.47 bits per heavy atom. The molecule has 1 aliphatic rings. The van der Waals surface area contributed by atoms with Crippen molar-refractivity contribution >= 4 is 15.7 Å². The Kier molecular flexibility index (Phi) is 4.57. The van der Waals surface area contributed by atoms with E-state index in [1.807, 2.05) is 0 Å². The summed E-state index contributed by atoms with van der Waals surface area (Å²) in [6.45, 7) is 2.78. The van der Waals surface area contributed by atoms with Gasteiger partial charge < -0.3 is 5.32 Å². The smallest absolute Gasteiger partial charge is 0.223 e. The molecule has 88 valence electrons. The minimum atomic E-state index is -2.85. The predicted molar refractivity (Wildman–Crippen MR) is 59.3 cm³/mol. The lowest BCUT2D eigenvalue weighted by atomic mass is 10.0. The Labute approximate surface area is 91.4 Å². The summed E-state index contributed by atoms with van der Waals surface area (Å²) in [4.78, 5) is 11.6. The number of hydrogen-bond acceptors (Lipinski definition) is 3. The first kappa shape index (κ1) is 12.5. The number of carbonyl (C=O) groups is 1. The van der Waals surface area contributed by atoms with Crippen LogP contribution in [0.4, 0.5) is 0 Å². The Hall–Kier alpha value is -0.580. The minimum absolute atomic E-state index is 0.0263. The van der Waals surface area contributed by atoms with Crippen LogP contribution >= 0.6 is 0 Å². The molecule has 0 aromatic heterocycles. The lowest BCUT2D eigenvalue weighted by Crippen LogP contribution is -2.36. The van der Waals surface area contributed by atoms with Gasteiger partial charge in [-0.25, -0.2) is 8.42 Å². The highest BCUT2D eigenvalue weighted by atomic mass is 32.2. The lowest BCUT2D eigenvalue weighted by molar-refractivity contribution is -0.125. The van der Waals surface area contributed by atoms with Crippen LogP contribution < -0.4 is 5.32 Å². The maximum absolute atomic E-state index is 11.6. The van der Waals surface area contributed by atoms with Crippen LogP contribution in [0.3, 0.4) is 0 Å². The molecule has 4 nitrogen and oxygen atoms in total. The average molecular weight is 233 g/mol. The van der Waals surface area contributed by atoms with Crippen molar-refractivity contribution in [2.24, 2.45) is 5.92 Å². The van der Waals surface area contributed by atoms with Gasteiger partial charge in [0.25, 0.3) is 0 Å². The standard InChI is InChI=1S/C10H19NO3S/c1-2-3-6-11-10(12)9-4-7-15(13,14)8-5-9/h9H,2-8H2,1H3,(H,11,12). The topological polar surface area (TPSA) is 63.2 Å². The van der Waals surface area contributed by atoms with E-state index in [4.69, 9.17) is 0 Å². The number of sulfone groups is 1. The van der Waals surface area contributed by atoms with E-state index in [2.05, 4.69) is 12.2 Å². The molecule has 15 heavy (non-hydrogen) atoms. The fourth-order valence-electron chi connectivity index (χ4n) is 1.68. The van der Waals surface area contributed by atoms with Crippen LogP contribution in [-0.4, -0.2) is 32.4 Å². The van der Waals surface area contributed by atoms with Crippen molar-refractivity contribution in [2.45, 2.75) is 32.6 Å². The first-order chi connectivity index (χ1) is 7.05. The molecule has 1 fully saturated rings. The van der Waals surface area contributed by atoms with Gasteiger partial charge in [-0.1, -0.05) is 13.3 Å². The number of nitrogens with one attached hydrogen (secondary N) is 1. The second-order valence-corrected chi connectivity index (χ2v) is 6.37. The Bertz CT molecular complexity index is 297. The molecule has 0 bridgehead atoms. The largest absolute Gasteiger partial charge is 0.356 e. The summed E-state index contributed by atoms with van der Waals surface area (Å²) in [5.74, 6) is 0.265. The maximum atomic E-state index is 11.6. The van der Waals surface area contributed by atoms with Gasteiger partial charge in [0.1, 0.15) is 9.84 Å². The first-order valence-corrected chi connectivity index (χ1v) is 7.35. The molecule has 0 aromatic rings. The van der Waals surface area contributed by atoms with Crippen LogP contribution in [0, 0.1) is 5.92 Å². The van der Waals surface area contributed by atoms with E-state index in [-0.39, 0.29) is 23.3 Å². The number of rotatable bonds is 4. The van der Waals surface area contributed by atoms with Gasteiger partial charge in [-0.3, -0.25) is 4.79 Å². The zero-order valence-electron chi connectivity index (χ0n) is 9.16. The van der Waals surface area contributed by atoms with Gasteiger partial charge in [-0.05, 0) is 19.3 Å². The monoisotopic (exact) mass is 233 g/mol. The third kappa shape index (κ3) is 4.20. The first-order valence-electron chi connectivity index (χ1n) is 5.53. The molecule has 0 saturated carbocycles. The summed E-state index contributed by atoms with van der Waals surface area (Å²) in [6.07, 6.45) is 3.01. The van der Waals surface area contributed by atoms with Crippen LogP contribution in [0.1, 0.15) is 32.6 Å². The fourth-order valence-corrected chi connectivity index (χ4v) is 3.18. The molecular formula is C10H19NO3S. The molecule has 0 spiro atoms. The van der Waals surface area contributed by atoms with Crippen LogP contribution in [0.5, 0.6) is 0 Å². The fraction of sp³-hybridized carbons (Fsp3) is 0.900. The number of carbonyl (C=O) groups excluding carboxylic acids is 1. The molecule has 1 saturated heterocycles. The molecule has 0 atom stereocenters. The SMILES string of the molecule is CCCCNC(=O)C1CCS(=O)(=O)CC1. The summed E-state index contributed by atoms with van der Waals surface area (Å²) in [5, 5.41) is 2.85. The molecule has 1 rings (SSSR count). The van der Waals surface area contributed by atoms with Crippen molar-refractivity contribution in [3.63, 3.8) is 0 Å². The van der Waals surface area contributed by atoms with E-state index in [0.717, 1.165) is 12.8 Å². The Morgan fingerprint density at radius 2 is 1.93 bits per heavy atom. The predicted octanol–water partition coefficient (Wildman–Crippen LogP) is 0.728. The van der Waals surface area contributed by atoms with Crippen molar-refractivity contribution in [1.29, 1.82) is 0 Å². The highest BCUT2D eigenvalue weighted by Crippen LogP contribution is 2.18. The van der Waals surface area contributed by atoms with Crippen molar-refractivity contribution in [3.05, 3.63) is 0 Å². The van der Waals surface area contributed by atoms with Gasteiger partial charge >= 0.3 is 0 Å².